The maximum atomic E-state index is 13.8. The monoisotopic (exact) mass is 653 g/mol. The van der Waals surface area contributed by atoms with Crippen LogP contribution in [-0.4, -0.2) is 83.5 Å². The molecule has 1 fully saturated rings. The summed E-state index contributed by atoms with van der Waals surface area (Å²) in [5, 5.41) is 33.1. The molecule has 1 aromatic carbocycles. The van der Waals surface area contributed by atoms with E-state index < -0.39 is 35.5 Å². The Kier molecular flexibility index (Phi) is 11.6. The lowest BCUT2D eigenvalue weighted by Gasteiger charge is -2.35. The van der Waals surface area contributed by atoms with E-state index in [2.05, 4.69) is 25.9 Å². The third-order valence-electron chi connectivity index (χ3n) is 7.91. The molecule has 0 unspecified atom stereocenters. The molecule has 4 N–H and O–H groups in total. The van der Waals surface area contributed by atoms with Gasteiger partial charge in [-0.15, -0.1) is 16.4 Å². The highest BCUT2D eigenvalue weighted by Gasteiger charge is 2.44. The number of nitrogens with one attached hydrogen (secondary N) is 2. The Hall–Kier alpha value is -4.17. The average molecular weight is 654 g/mol. The molecule has 3 amide bonds. The SMILES string of the molecule is Cc1ncsc1-c1ccc(CNC(=O)[C@@H]2C[C@@H](O)CN2C(=O)[C@@H](NC(=O)CCCn2cc(CCCC(=O)O)nn2)C(C)(C)C)cc1. The summed E-state index contributed by atoms with van der Waals surface area (Å²) >= 11 is 1.57. The predicted octanol–water partition coefficient (Wildman–Crippen LogP) is 2.71. The van der Waals surface area contributed by atoms with E-state index in [1.165, 1.54) is 4.90 Å². The van der Waals surface area contributed by atoms with Crippen molar-refractivity contribution < 1.29 is 29.4 Å². The number of aliphatic hydroxyl groups is 1. The molecule has 1 saturated heterocycles. The number of β-amino-alcohol motifs (C(OH)–C–C–N with tert-alkyl or cyclic N) is 1. The summed E-state index contributed by atoms with van der Waals surface area (Å²) in [5.41, 5.74) is 4.76. The lowest BCUT2D eigenvalue weighted by molar-refractivity contribution is -0.144. The van der Waals surface area contributed by atoms with Crippen molar-refractivity contribution in [1.82, 2.24) is 35.5 Å². The molecular weight excluding hydrogens is 610 g/mol. The van der Waals surface area contributed by atoms with Crippen LogP contribution in [0.25, 0.3) is 10.4 Å². The van der Waals surface area contributed by atoms with E-state index in [0.29, 0.717) is 31.5 Å². The fourth-order valence-electron chi connectivity index (χ4n) is 5.40. The van der Waals surface area contributed by atoms with Crippen LogP contribution in [0.3, 0.4) is 0 Å². The Morgan fingerprint density at radius 3 is 2.50 bits per heavy atom. The van der Waals surface area contributed by atoms with Crippen LogP contribution >= 0.6 is 11.3 Å². The van der Waals surface area contributed by atoms with Gasteiger partial charge in [0.05, 0.1) is 27.9 Å². The summed E-state index contributed by atoms with van der Waals surface area (Å²) in [6.45, 7) is 8.20. The minimum atomic E-state index is -0.907. The number of aliphatic carboxylic acids is 1. The molecule has 0 bridgehead atoms. The summed E-state index contributed by atoms with van der Waals surface area (Å²) in [4.78, 5) is 57.6. The number of hydrogen-bond donors (Lipinski definition) is 4. The number of benzene rings is 1. The molecule has 3 atom stereocenters. The van der Waals surface area contributed by atoms with Crippen LogP contribution < -0.4 is 10.6 Å². The van der Waals surface area contributed by atoms with Gasteiger partial charge in [-0.2, -0.15) is 0 Å². The second-order valence-electron chi connectivity index (χ2n) is 12.8. The molecule has 0 radical (unpaired) electrons. The van der Waals surface area contributed by atoms with E-state index in [4.69, 9.17) is 5.11 Å². The van der Waals surface area contributed by atoms with Gasteiger partial charge < -0.3 is 25.7 Å². The molecule has 46 heavy (non-hydrogen) atoms. The fourth-order valence-corrected chi connectivity index (χ4v) is 6.21. The second kappa shape index (κ2) is 15.4. The van der Waals surface area contributed by atoms with Gasteiger partial charge in [-0.3, -0.25) is 23.9 Å². The number of likely N-dealkylation sites (tertiary alicyclic amines) is 1. The van der Waals surface area contributed by atoms with E-state index in [-0.39, 0.29) is 44.2 Å². The molecule has 4 rings (SSSR count). The minimum Gasteiger partial charge on any atom is -0.481 e. The van der Waals surface area contributed by atoms with Gasteiger partial charge in [0.2, 0.25) is 17.7 Å². The van der Waals surface area contributed by atoms with Gasteiger partial charge in [-0.05, 0) is 42.7 Å². The van der Waals surface area contributed by atoms with Crippen molar-refractivity contribution in [3.05, 3.63) is 52.9 Å². The van der Waals surface area contributed by atoms with E-state index in [9.17, 15) is 24.3 Å². The van der Waals surface area contributed by atoms with Crippen LogP contribution in [0.4, 0.5) is 0 Å². The number of aromatic nitrogens is 4. The number of thiazole rings is 1. The summed E-state index contributed by atoms with van der Waals surface area (Å²) in [5.74, 6) is -1.94. The average Bonchev–Trinajstić information content (AvgIpc) is 3.74. The molecule has 14 heteroatoms. The standard InChI is InChI=1S/C32H43N7O6S/c1-20-28(46-19-34-20)22-12-10-21(11-13-22)16-33-30(44)25-15-24(40)18-39(25)31(45)29(32(2,3)4)35-26(41)8-6-14-38-17-23(36-37-38)7-5-9-27(42)43/h10-13,17,19,24-25,29,40H,5-9,14-16,18H2,1-4H3,(H,33,44)(H,35,41)(H,42,43)/t24-,25+,29-/m1/s1. The molecule has 2 aromatic heterocycles. The molecule has 248 valence electrons. The third kappa shape index (κ3) is 9.42. The quantitative estimate of drug-likeness (QED) is 0.204. The molecule has 3 aromatic rings. The van der Waals surface area contributed by atoms with Gasteiger partial charge in [0.25, 0.3) is 0 Å². The number of aliphatic hydroxyl groups excluding tert-OH is 1. The second-order valence-corrected chi connectivity index (χ2v) is 13.6. The van der Waals surface area contributed by atoms with Crippen LogP contribution in [0.1, 0.15) is 69.8 Å². The topological polar surface area (TPSA) is 180 Å². The van der Waals surface area contributed by atoms with Crippen LogP contribution in [0.15, 0.2) is 36.0 Å². The molecule has 1 aliphatic rings. The maximum Gasteiger partial charge on any atom is 0.303 e. The van der Waals surface area contributed by atoms with Gasteiger partial charge in [0.15, 0.2) is 0 Å². The molecule has 3 heterocycles. The molecule has 1 aliphatic heterocycles. The zero-order valence-electron chi connectivity index (χ0n) is 26.7. The number of rotatable bonds is 14. The van der Waals surface area contributed by atoms with Crippen molar-refractivity contribution in [2.45, 2.75) is 97.5 Å². The number of carboxylic acids is 1. The van der Waals surface area contributed by atoms with Gasteiger partial charge in [0.1, 0.15) is 12.1 Å². The lowest BCUT2D eigenvalue weighted by Crippen LogP contribution is -2.57. The number of amides is 3. The largest absolute Gasteiger partial charge is 0.481 e. The summed E-state index contributed by atoms with van der Waals surface area (Å²) in [6, 6.07) is 6.09. The number of carboxylic acid groups (broad SMARTS) is 1. The number of nitrogens with zero attached hydrogens (tertiary/aromatic N) is 5. The number of hydrogen-bond acceptors (Lipinski definition) is 9. The van der Waals surface area contributed by atoms with E-state index in [1.54, 1.807) is 22.2 Å². The Labute approximate surface area is 272 Å². The van der Waals surface area contributed by atoms with E-state index >= 15 is 0 Å². The van der Waals surface area contributed by atoms with Crippen molar-refractivity contribution in [3.63, 3.8) is 0 Å². The first kappa shape index (κ1) is 34.7. The van der Waals surface area contributed by atoms with Gasteiger partial charge in [0, 0.05) is 45.1 Å². The Bertz CT molecular complexity index is 1510. The zero-order valence-corrected chi connectivity index (χ0v) is 27.5. The van der Waals surface area contributed by atoms with Crippen molar-refractivity contribution >= 4 is 35.0 Å². The summed E-state index contributed by atoms with van der Waals surface area (Å²) in [6.07, 6.45) is 2.63. The van der Waals surface area contributed by atoms with Crippen LogP contribution in [0.2, 0.25) is 0 Å². The van der Waals surface area contributed by atoms with Gasteiger partial charge in [-0.1, -0.05) is 50.3 Å². The number of carbonyl (C=O) groups is 4. The molecule has 13 nitrogen and oxygen atoms in total. The van der Waals surface area contributed by atoms with E-state index in [0.717, 1.165) is 21.7 Å². The van der Waals surface area contributed by atoms with Crippen molar-refractivity contribution in [2.75, 3.05) is 6.54 Å². The van der Waals surface area contributed by atoms with Crippen molar-refractivity contribution in [2.24, 2.45) is 5.41 Å². The third-order valence-corrected chi connectivity index (χ3v) is 8.89. The Morgan fingerprint density at radius 1 is 1.11 bits per heavy atom. The smallest absolute Gasteiger partial charge is 0.303 e. The Balaban J connectivity index is 1.30. The van der Waals surface area contributed by atoms with Gasteiger partial charge in [-0.25, -0.2) is 4.98 Å². The summed E-state index contributed by atoms with van der Waals surface area (Å²) < 4.78 is 1.61. The number of carbonyl (C=O) groups excluding carboxylic acids is 3. The maximum absolute atomic E-state index is 13.8. The summed E-state index contributed by atoms with van der Waals surface area (Å²) in [7, 11) is 0. The van der Waals surface area contributed by atoms with Crippen LogP contribution in [0.5, 0.6) is 0 Å². The molecule has 0 saturated carbocycles. The first-order valence-electron chi connectivity index (χ1n) is 15.5. The Morgan fingerprint density at radius 2 is 1.85 bits per heavy atom. The molecule has 0 aliphatic carbocycles. The highest BCUT2D eigenvalue weighted by atomic mass is 32.1. The van der Waals surface area contributed by atoms with Crippen LogP contribution in [0, 0.1) is 12.3 Å². The van der Waals surface area contributed by atoms with Crippen molar-refractivity contribution in [3.8, 4) is 10.4 Å². The van der Waals surface area contributed by atoms with E-state index in [1.807, 2.05) is 57.5 Å². The minimum absolute atomic E-state index is 0.00334. The van der Waals surface area contributed by atoms with Crippen molar-refractivity contribution in [1.29, 1.82) is 0 Å². The molecule has 0 spiro atoms. The zero-order chi connectivity index (χ0) is 33.4. The fraction of sp³-hybridized carbons (Fsp3) is 0.531. The normalized spacial score (nSPS) is 17.1. The highest BCUT2D eigenvalue weighted by molar-refractivity contribution is 7.13. The predicted molar refractivity (Wildman–Crippen MR) is 171 cm³/mol. The number of aryl methyl sites for hydroxylation is 3. The van der Waals surface area contributed by atoms with Crippen LogP contribution in [-0.2, 0) is 38.7 Å². The first-order chi connectivity index (χ1) is 21.8. The molecular formula is C32H43N7O6S. The van der Waals surface area contributed by atoms with Gasteiger partial charge >= 0.3 is 5.97 Å². The highest BCUT2D eigenvalue weighted by Crippen LogP contribution is 2.28. The lowest BCUT2D eigenvalue weighted by atomic mass is 9.85. The first-order valence-corrected chi connectivity index (χ1v) is 16.4.